The molecule has 0 aliphatic carbocycles. The number of rotatable bonds is 5. The van der Waals surface area contributed by atoms with E-state index in [4.69, 9.17) is 0 Å². The maximum Gasteiger partial charge on any atom is 0.0825 e. The zero-order valence-corrected chi connectivity index (χ0v) is 6.14. The first kappa shape index (κ1) is 8.66. The van der Waals surface area contributed by atoms with E-state index in [1.54, 1.807) is 0 Å². The summed E-state index contributed by atoms with van der Waals surface area (Å²) < 4.78 is 0. The molecule has 54 valence electrons. The number of allylic oxidation sites excluding steroid dienone is 1. The van der Waals surface area contributed by atoms with Gasteiger partial charge in [-0.1, -0.05) is 5.57 Å². The molecule has 9 heavy (non-hydrogen) atoms. The second kappa shape index (κ2) is 5.79. The van der Waals surface area contributed by atoms with E-state index in [-0.39, 0.29) is 0 Å². The highest BCUT2D eigenvalue weighted by atomic mass is 17.2. The van der Waals surface area contributed by atoms with Gasteiger partial charge in [0.25, 0.3) is 0 Å². The standard InChI is InChI=1S/C7H14O2/c1-7(2)5-4-6-9-8-3/h1,4-6H2,2-3H3. The highest BCUT2D eigenvalue weighted by molar-refractivity contribution is 4.86. The van der Waals surface area contributed by atoms with Gasteiger partial charge in [-0.25, -0.2) is 9.78 Å². The van der Waals surface area contributed by atoms with Crippen LogP contribution in [0.5, 0.6) is 0 Å². The first-order valence-electron chi connectivity index (χ1n) is 3.07. The molecular formula is C7H14O2. The zero-order valence-electron chi connectivity index (χ0n) is 6.14. The monoisotopic (exact) mass is 130 g/mol. The van der Waals surface area contributed by atoms with Crippen LogP contribution in [-0.2, 0) is 9.78 Å². The molecule has 0 aromatic carbocycles. The average Bonchev–Trinajstić information content (AvgIpc) is 1.80. The predicted octanol–water partition coefficient (Wildman–Crippen LogP) is 1.92. The third kappa shape index (κ3) is 7.66. The van der Waals surface area contributed by atoms with Crippen LogP contribution < -0.4 is 0 Å². The summed E-state index contributed by atoms with van der Waals surface area (Å²) in [7, 11) is 1.51. The minimum absolute atomic E-state index is 0.656. The van der Waals surface area contributed by atoms with Crippen molar-refractivity contribution >= 4 is 0 Å². The largest absolute Gasteiger partial charge is 0.240 e. The van der Waals surface area contributed by atoms with E-state index < -0.39 is 0 Å². The summed E-state index contributed by atoms with van der Waals surface area (Å²) in [5.41, 5.74) is 1.19. The summed E-state index contributed by atoms with van der Waals surface area (Å²) in [6.45, 7) is 6.42. The molecule has 0 aromatic heterocycles. The molecule has 0 saturated carbocycles. The van der Waals surface area contributed by atoms with E-state index in [9.17, 15) is 0 Å². The number of hydrogen-bond acceptors (Lipinski definition) is 2. The third-order valence-corrected chi connectivity index (χ3v) is 0.949. The van der Waals surface area contributed by atoms with Gasteiger partial charge in [-0.2, -0.15) is 0 Å². The topological polar surface area (TPSA) is 18.5 Å². The van der Waals surface area contributed by atoms with E-state index in [0.717, 1.165) is 12.8 Å². The summed E-state index contributed by atoms with van der Waals surface area (Å²) in [5, 5.41) is 0. The van der Waals surface area contributed by atoms with Crippen molar-refractivity contribution in [3.63, 3.8) is 0 Å². The molecule has 0 heterocycles. The Labute approximate surface area is 56.4 Å². The van der Waals surface area contributed by atoms with Gasteiger partial charge in [0.15, 0.2) is 0 Å². The molecule has 0 bridgehead atoms. The SMILES string of the molecule is C=C(C)CCCOOC. The van der Waals surface area contributed by atoms with Crippen molar-refractivity contribution in [1.82, 2.24) is 0 Å². The van der Waals surface area contributed by atoms with Crippen molar-refractivity contribution in [3.8, 4) is 0 Å². The van der Waals surface area contributed by atoms with Gasteiger partial charge < -0.3 is 0 Å². The van der Waals surface area contributed by atoms with Crippen LogP contribution in [-0.4, -0.2) is 13.7 Å². The fourth-order valence-corrected chi connectivity index (χ4v) is 0.516. The minimum Gasteiger partial charge on any atom is -0.240 e. The van der Waals surface area contributed by atoms with Crippen LogP contribution in [0.3, 0.4) is 0 Å². The Balaban J connectivity index is 2.83. The smallest absolute Gasteiger partial charge is 0.0825 e. The molecule has 0 atom stereocenters. The van der Waals surface area contributed by atoms with Crippen LogP contribution in [0.25, 0.3) is 0 Å². The average molecular weight is 130 g/mol. The normalized spacial score (nSPS) is 9.56. The van der Waals surface area contributed by atoms with Crippen LogP contribution in [0.4, 0.5) is 0 Å². The second-order valence-electron chi connectivity index (χ2n) is 2.05. The summed E-state index contributed by atoms with van der Waals surface area (Å²) in [6, 6.07) is 0. The Morgan fingerprint density at radius 3 is 2.67 bits per heavy atom. The summed E-state index contributed by atoms with van der Waals surface area (Å²) in [4.78, 5) is 9.04. The van der Waals surface area contributed by atoms with E-state index in [1.165, 1.54) is 12.7 Å². The van der Waals surface area contributed by atoms with Gasteiger partial charge in [-0.15, -0.1) is 6.58 Å². The van der Waals surface area contributed by atoms with E-state index in [0.29, 0.717) is 6.61 Å². The minimum atomic E-state index is 0.656. The summed E-state index contributed by atoms with van der Waals surface area (Å²) >= 11 is 0. The maximum atomic E-state index is 4.64. The van der Waals surface area contributed by atoms with Crippen LogP contribution in [0.2, 0.25) is 0 Å². The van der Waals surface area contributed by atoms with Crippen LogP contribution in [0.15, 0.2) is 12.2 Å². The molecule has 0 aliphatic rings. The Kier molecular flexibility index (Phi) is 5.57. The molecule has 0 unspecified atom stereocenters. The van der Waals surface area contributed by atoms with Crippen molar-refractivity contribution in [2.24, 2.45) is 0 Å². The zero-order chi connectivity index (χ0) is 7.11. The fraction of sp³-hybridized carbons (Fsp3) is 0.714. The molecule has 0 radical (unpaired) electrons. The maximum absolute atomic E-state index is 4.64. The highest BCUT2D eigenvalue weighted by Crippen LogP contribution is 1.99. The van der Waals surface area contributed by atoms with Gasteiger partial charge in [-0.3, -0.25) is 0 Å². The van der Waals surface area contributed by atoms with Crippen molar-refractivity contribution in [3.05, 3.63) is 12.2 Å². The fourth-order valence-electron chi connectivity index (χ4n) is 0.516. The number of hydrogen-bond donors (Lipinski definition) is 0. The first-order valence-corrected chi connectivity index (χ1v) is 3.07. The Bertz CT molecular complexity index is 79.0. The molecule has 0 aliphatic heterocycles. The Hall–Kier alpha value is -0.340. The van der Waals surface area contributed by atoms with Crippen molar-refractivity contribution in [1.29, 1.82) is 0 Å². The van der Waals surface area contributed by atoms with Crippen molar-refractivity contribution in [2.45, 2.75) is 19.8 Å². The van der Waals surface area contributed by atoms with Gasteiger partial charge in [0.2, 0.25) is 0 Å². The molecule has 2 nitrogen and oxygen atoms in total. The Morgan fingerprint density at radius 2 is 2.22 bits per heavy atom. The third-order valence-electron chi connectivity index (χ3n) is 0.949. The molecule has 0 rings (SSSR count). The molecule has 0 saturated heterocycles. The first-order chi connectivity index (χ1) is 4.27. The second-order valence-corrected chi connectivity index (χ2v) is 2.05. The van der Waals surface area contributed by atoms with Crippen LogP contribution in [0, 0.1) is 0 Å². The van der Waals surface area contributed by atoms with E-state index in [1.807, 2.05) is 6.92 Å². The van der Waals surface area contributed by atoms with Crippen molar-refractivity contribution < 1.29 is 9.78 Å². The lowest BCUT2D eigenvalue weighted by Gasteiger charge is -1.98. The van der Waals surface area contributed by atoms with Crippen LogP contribution >= 0.6 is 0 Å². The van der Waals surface area contributed by atoms with Gasteiger partial charge in [0, 0.05) is 0 Å². The molecule has 0 N–H and O–H groups in total. The lowest BCUT2D eigenvalue weighted by atomic mass is 10.2. The molecule has 0 spiro atoms. The van der Waals surface area contributed by atoms with Gasteiger partial charge in [0.05, 0.1) is 13.7 Å². The predicted molar refractivity (Wildman–Crippen MR) is 37.0 cm³/mol. The summed E-state index contributed by atoms with van der Waals surface area (Å²) in [6.07, 6.45) is 2.01. The van der Waals surface area contributed by atoms with Crippen LogP contribution in [0.1, 0.15) is 19.8 Å². The molecule has 0 amide bonds. The van der Waals surface area contributed by atoms with E-state index in [2.05, 4.69) is 16.4 Å². The van der Waals surface area contributed by atoms with Gasteiger partial charge in [-0.05, 0) is 19.8 Å². The van der Waals surface area contributed by atoms with Crippen molar-refractivity contribution in [2.75, 3.05) is 13.7 Å². The summed E-state index contributed by atoms with van der Waals surface area (Å²) in [5.74, 6) is 0. The lowest BCUT2D eigenvalue weighted by Crippen LogP contribution is -1.92. The molecule has 0 aromatic rings. The molecule has 0 fully saturated rings. The van der Waals surface area contributed by atoms with Gasteiger partial charge in [0.1, 0.15) is 0 Å². The molecular weight excluding hydrogens is 116 g/mol. The Morgan fingerprint density at radius 1 is 1.56 bits per heavy atom. The van der Waals surface area contributed by atoms with E-state index >= 15 is 0 Å². The highest BCUT2D eigenvalue weighted by Gasteiger charge is 1.87. The molecule has 2 heteroatoms. The van der Waals surface area contributed by atoms with Gasteiger partial charge >= 0.3 is 0 Å². The quantitative estimate of drug-likeness (QED) is 0.245. The lowest BCUT2D eigenvalue weighted by molar-refractivity contribution is -0.272.